The Bertz CT molecular complexity index is 141. The second kappa shape index (κ2) is 5.60. The Kier molecular flexibility index (Phi) is 4.70. The predicted molar refractivity (Wildman–Crippen MR) is 54.6 cm³/mol. The maximum Gasteiger partial charge on any atom is 0.0404 e. The van der Waals surface area contributed by atoms with E-state index in [0.717, 1.165) is 24.9 Å². The van der Waals surface area contributed by atoms with Gasteiger partial charge in [0.1, 0.15) is 0 Å². The van der Waals surface area contributed by atoms with Gasteiger partial charge in [0.05, 0.1) is 0 Å². The van der Waals surface area contributed by atoms with Gasteiger partial charge in [-0.1, -0.05) is 19.1 Å². The minimum atomic E-state index is 0.625. The Morgan fingerprint density at radius 1 is 1.50 bits per heavy atom. The molecule has 0 aromatic carbocycles. The Morgan fingerprint density at radius 3 is 2.83 bits per heavy atom. The van der Waals surface area contributed by atoms with Crippen molar-refractivity contribution in [1.82, 2.24) is 5.32 Å². The molecule has 1 N–H and O–H groups in total. The van der Waals surface area contributed by atoms with Gasteiger partial charge in [-0.3, -0.25) is 0 Å². The summed E-state index contributed by atoms with van der Waals surface area (Å²) in [4.78, 5) is 0. The normalized spacial score (nSPS) is 20.2. The number of hydrogen-bond donors (Lipinski definition) is 1. The van der Waals surface area contributed by atoms with Crippen molar-refractivity contribution in [3.05, 3.63) is 12.2 Å². The maximum absolute atomic E-state index is 5.49. The van der Waals surface area contributed by atoms with Crippen LogP contribution < -0.4 is 5.32 Å². The van der Waals surface area contributed by atoms with Crippen molar-refractivity contribution in [2.24, 2.45) is 11.8 Å². The van der Waals surface area contributed by atoms with Crippen LogP contribution in [-0.4, -0.2) is 19.0 Å². The van der Waals surface area contributed by atoms with Crippen LogP contribution >= 0.6 is 11.6 Å². The zero-order valence-electron chi connectivity index (χ0n) is 7.72. The Hall–Kier alpha value is -0.0100. The van der Waals surface area contributed by atoms with Gasteiger partial charge < -0.3 is 5.32 Å². The van der Waals surface area contributed by atoms with E-state index < -0.39 is 0 Å². The second-order valence-electron chi connectivity index (χ2n) is 3.60. The van der Waals surface area contributed by atoms with Gasteiger partial charge in [0.25, 0.3) is 0 Å². The smallest absolute Gasteiger partial charge is 0.0404 e. The van der Waals surface area contributed by atoms with Gasteiger partial charge >= 0.3 is 0 Å². The zero-order chi connectivity index (χ0) is 8.81. The molecule has 1 rings (SSSR count). The van der Waals surface area contributed by atoms with Crippen LogP contribution in [0.1, 0.15) is 19.8 Å². The molecule has 70 valence electrons. The zero-order valence-corrected chi connectivity index (χ0v) is 8.48. The summed E-state index contributed by atoms with van der Waals surface area (Å²) in [7, 11) is 0. The van der Waals surface area contributed by atoms with Gasteiger partial charge in [-0.05, 0) is 31.2 Å². The third-order valence-corrected chi connectivity index (χ3v) is 2.59. The van der Waals surface area contributed by atoms with Crippen LogP contribution in [0.25, 0.3) is 0 Å². The summed E-state index contributed by atoms with van der Waals surface area (Å²) in [5, 5.41) is 3.40. The molecule has 1 nitrogen and oxygen atoms in total. The van der Waals surface area contributed by atoms with Crippen LogP contribution in [0.5, 0.6) is 0 Å². The number of hydrogen-bond acceptors (Lipinski definition) is 1. The van der Waals surface area contributed by atoms with Gasteiger partial charge in [0.2, 0.25) is 0 Å². The molecule has 1 unspecified atom stereocenters. The molecule has 2 heteroatoms. The van der Waals surface area contributed by atoms with Gasteiger partial charge in [-0.2, -0.15) is 0 Å². The molecule has 0 aromatic heterocycles. The molecule has 0 saturated heterocycles. The summed E-state index contributed by atoms with van der Waals surface area (Å²) in [6.07, 6.45) is 6.96. The molecule has 0 amide bonds. The Morgan fingerprint density at radius 2 is 2.25 bits per heavy atom. The lowest BCUT2D eigenvalue weighted by molar-refractivity contribution is 0.474. The van der Waals surface area contributed by atoms with Gasteiger partial charge in [0, 0.05) is 12.4 Å². The summed E-state index contributed by atoms with van der Waals surface area (Å²) < 4.78 is 0. The van der Waals surface area contributed by atoms with Crippen LogP contribution in [0.15, 0.2) is 12.2 Å². The molecule has 0 aromatic rings. The molecule has 0 bridgehead atoms. The van der Waals surface area contributed by atoms with E-state index in [2.05, 4.69) is 18.3 Å². The first kappa shape index (κ1) is 10.1. The van der Waals surface area contributed by atoms with E-state index in [1.54, 1.807) is 0 Å². The molecule has 1 atom stereocenters. The lowest BCUT2D eigenvalue weighted by Crippen LogP contribution is -2.22. The highest BCUT2D eigenvalue weighted by Crippen LogP contribution is 2.35. The number of nitrogens with one attached hydrogen (secondary N) is 1. The second-order valence-corrected chi connectivity index (χ2v) is 3.91. The van der Waals surface area contributed by atoms with E-state index in [4.69, 9.17) is 11.6 Å². The summed E-state index contributed by atoms with van der Waals surface area (Å²) in [5.41, 5.74) is 0. The van der Waals surface area contributed by atoms with Crippen molar-refractivity contribution in [2.45, 2.75) is 19.8 Å². The molecule has 1 fully saturated rings. The SMILES string of the molecule is CC(CNC/C=C/CCl)C1CC1. The van der Waals surface area contributed by atoms with Crippen LogP contribution in [0.4, 0.5) is 0 Å². The average molecular weight is 188 g/mol. The summed E-state index contributed by atoms with van der Waals surface area (Å²) >= 11 is 5.49. The van der Waals surface area contributed by atoms with E-state index >= 15 is 0 Å². The molecular weight excluding hydrogens is 170 g/mol. The first-order valence-corrected chi connectivity index (χ1v) is 5.29. The fourth-order valence-electron chi connectivity index (χ4n) is 1.37. The van der Waals surface area contributed by atoms with E-state index in [-0.39, 0.29) is 0 Å². The summed E-state index contributed by atoms with van der Waals surface area (Å²) in [5.74, 6) is 2.49. The van der Waals surface area contributed by atoms with Crippen molar-refractivity contribution < 1.29 is 0 Å². The quantitative estimate of drug-likeness (QED) is 0.383. The standard InChI is InChI=1S/C10H18ClN/c1-9(10-4-5-10)8-12-7-3-2-6-11/h2-3,9-10,12H,4-8H2,1H3/b3-2+. The molecule has 0 aliphatic heterocycles. The predicted octanol–water partition coefficient (Wildman–Crippen LogP) is 2.42. The van der Waals surface area contributed by atoms with Crippen molar-refractivity contribution in [1.29, 1.82) is 0 Å². The lowest BCUT2D eigenvalue weighted by Gasteiger charge is -2.09. The van der Waals surface area contributed by atoms with Crippen molar-refractivity contribution in [2.75, 3.05) is 19.0 Å². The fraction of sp³-hybridized carbons (Fsp3) is 0.800. The number of halogens is 1. The number of rotatable bonds is 6. The van der Waals surface area contributed by atoms with Crippen molar-refractivity contribution in [3.63, 3.8) is 0 Å². The topological polar surface area (TPSA) is 12.0 Å². The summed E-state index contributed by atoms with van der Waals surface area (Å²) in [6.45, 7) is 4.44. The Balaban J connectivity index is 1.90. The molecular formula is C10H18ClN. The maximum atomic E-state index is 5.49. The van der Waals surface area contributed by atoms with E-state index in [1.165, 1.54) is 12.8 Å². The third kappa shape index (κ3) is 4.13. The van der Waals surface area contributed by atoms with Crippen molar-refractivity contribution >= 4 is 11.6 Å². The molecule has 1 aliphatic rings. The molecule has 0 heterocycles. The first-order valence-electron chi connectivity index (χ1n) is 4.76. The first-order chi connectivity index (χ1) is 5.84. The highest BCUT2D eigenvalue weighted by atomic mass is 35.5. The molecule has 1 saturated carbocycles. The van der Waals surface area contributed by atoms with Gasteiger partial charge in [0.15, 0.2) is 0 Å². The van der Waals surface area contributed by atoms with Crippen LogP contribution in [0, 0.1) is 11.8 Å². The molecule has 0 radical (unpaired) electrons. The van der Waals surface area contributed by atoms with E-state index in [0.29, 0.717) is 5.88 Å². The molecule has 1 aliphatic carbocycles. The third-order valence-electron chi connectivity index (χ3n) is 2.41. The average Bonchev–Trinajstić information content (AvgIpc) is 2.86. The minimum Gasteiger partial charge on any atom is -0.313 e. The molecule has 0 spiro atoms. The Labute approximate surface area is 80.2 Å². The summed E-state index contributed by atoms with van der Waals surface area (Å²) in [6, 6.07) is 0. The molecule has 12 heavy (non-hydrogen) atoms. The highest BCUT2D eigenvalue weighted by Gasteiger charge is 2.26. The van der Waals surface area contributed by atoms with Crippen LogP contribution in [0.2, 0.25) is 0 Å². The van der Waals surface area contributed by atoms with Crippen LogP contribution in [-0.2, 0) is 0 Å². The lowest BCUT2D eigenvalue weighted by atomic mass is 10.1. The van der Waals surface area contributed by atoms with Crippen molar-refractivity contribution in [3.8, 4) is 0 Å². The van der Waals surface area contributed by atoms with Gasteiger partial charge in [-0.15, -0.1) is 11.6 Å². The van der Waals surface area contributed by atoms with Gasteiger partial charge in [-0.25, -0.2) is 0 Å². The highest BCUT2D eigenvalue weighted by molar-refractivity contribution is 6.18. The minimum absolute atomic E-state index is 0.625. The number of alkyl halides is 1. The monoisotopic (exact) mass is 187 g/mol. The van der Waals surface area contributed by atoms with E-state index in [9.17, 15) is 0 Å². The number of allylic oxidation sites excluding steroid dienone is 1. The van der Waals surface area contributed by atoms with Crippen LogP contribution in [0.3, 0.4) is 0 Å². The largest absolute Gasteiger partial charge is 0.313 e. The fourth-order valence-corrected chi connectivity index (χ4v) is 1.50. The van der Waals surface area contributed by atoms with E-state index in [1.807, 2.05) is 6.08 Å².